The standard InChI is InChI=1S/C12H14F3N5O/c13-12(14,15)9-4-3-5-10(8-9)19-11(21)17-6-1-2-7-18-20-16/h3-5,8H,1-2,6-7H2,(H2,17,19,21). The van der Waals surface area contributed by atoms with E-state index >= 15 is 0 Å². The Morgan fingerprint density at radius 3 is 2.76 bits per heavy atom. The second kappa shape index (κ2) is 8.01. The van der Waals surface area contributed by atoms with Gasteiger partial charge >= 0.3 is 12.2 Å². The molecular weight excluding hydrogens is 287 g/mol. The van der Waals surface area contributed by atoms with Crippen LogP contribution in [0.1, 0.15) is 18.4 Å². The molecule has 9 heteroatoms. The predicted octanol–water partition coefficient (Wildman–Crippen LogP) is 3.92. The summed E-state index contributed by atoms with van der Waals surface area (Å²) in [5.74, 6) is 0. The molecule has 6 nitrogen and oxygen atoms in total. The molecule has 0 spiro atoms. The Bertz CT molecular complexity index is 526. The average molecular weight is 301 g/mol. The Balaban J connectivity index is 2.39. The lowest BCUT2D eigenvalue weighted by Crippen LogP contribution is -2.29. The molecule has 21 heavy (non-hydrogen) atoms. The zero-order chi connectivity index (χ0) is 15.7. The van der Waals surface area contributed by atoms with E-state index < -0.39 is 17.8 Å². The molecule has 0 atom stereocenters. The maximum Gasteiger partial charge on any atom is 0.416 e. The smallest absolute Gasteiger partial charge is 0.338 e. The zero-order valence-electron chi connectivity index (χ0n) is 11.0. The number of carbonyl (C=O) groups is 1. The highest BCUT2D eigenvalue weighted by Gasteiger charge is 2.30. The molecule has 2 amide bonds. The van der Waals surface area contributed by atoms with Crippen LogP contribution < -0.4 is 10.6 Å². The first-order chi connectivity index (χ1) is 9.93. The molecule has 0 aliphatic carbocycles. The first-order valence-electron chi connectivity index (χ1n) is 6.16. The van der Waals surface area contributed by atoms with Crippen molar-refractivity contribution in [1.29, 1.82) is 0 Å². The van der Waals surface area contributed by atoms with Gasteiger partial charge in [-0.3, -0.25) is 0 Å². The van der Waals surface area contributed by atoms with Crippen molar-refractivity contribution in [3.05, 3.63) is 40.3 Å². The molecule has 0 bridgehead atoms. The van der Waals surface area contributed by atoms with E-state index in [1.165, 1.54) is 12.1 Å². The van der Waals surface area contributed by atoms with Crippen LogP contribution in [-0.4, -0.2) is 19.1 Å². The van der Waals surface area contributed by atoms with Crippen molar-refractivity contribution in [1.82, 2.24) is 5.32 Å². The maximum atomic E-state index is 12.5. The second-order valence-corrected chi connectivity index (χ2v) is 4.12. The largest absolute Gasteiger partial charge is 0.416 e. The minimum Gasteiger partial charge on any atom is -0.338 e. The summed E-state index contributed by atoms with van der Waals surface area (Å²) in [6.07, 6.45) is -3.22. The molecule has 0 aliphatic heterocycles. The summed E-state index contributed by atoms with van der Waals surface area (Å²) < 4.78 is 37.5. The summed E-state index contributed by atoms with van der Waals surface area (Å²) in [4.78, 5) is 14.1. The van der Waals surface area contributed by atoms with Crippen molar-refractivity contribution in [3.63, 3.8) is 0 Å². The van der Waals surface area contributed by atoms with Crippen molar-refractivity contribution in [3.8, 4) is 0 Å². The SMILES string of the molecule is [N-]=[N+]=NCCCCNC(=O)Nc1cccc(C(F)(F)F)c1. The van der Waals surface area contributed by atoms with E-state index in [4.69, 9.17) is 5.53 Å². The number of azide groups is 1. The molecule has 1 rings (SSSR count). The van der Waals surface area contributed by atoms with Crippen molar-refractivity contribution >= 4 is 11.7 Å². The molecule has 0 saturated carbocycles. The Morgan fingerprint density at radius 1 is 1.33 bits per heavy atom. The van der Waals surface area contributed by atoms with E-state index in [2.05, 4.69) is 20.7 Å². The lowest BCUT2D eigenvalue weighted by Gasteiger charge is -2.10. The van der Waals surface area contributed by atoms with Gasteiger partial charge in [-0.1, -0.05) is 11.2 Å². The van der Waals surface area contributed by atoms with Crippen molar-refractivity contribution in [2.45, 2.75) is 19.0 Å². The fraction of sp³-hybridized carbons (Fsp3) is 0.417. The van der Waals surface area contributed by atoms with Crippen LogP contribution in [-0.2, 0) is 6.18 Å². The summed E-state index contributed by atoms with van der Waals surface area (Å²) in [6, 6.07) is 3.80. The minimum atomic E-state index is -4.45. The summed E-state index contributed by atoms with van der Waals surface area (Å²) in [5.41, 5.74) is 7.29. The Labute approximate surface area is 119 Å². The molecular formula is C12H14F3N5O. The van der Waals surface area contributed by atoms with Gasteiger partial charge < -0.3 is 10.6 Å². The Hall–Kier alpha value is -2.41. The van der Waals surface area contributed by atoms with Crippen LogP contribution in [0.5, 0.6) is 0 Å². The number of halogens is 3. The lowest BCUT2D eigenvalue weighted by atomic mass is 10.2. The van der Waals surface area contributed by atoms with E-state index in [9.17, 15) is 18.0 Å². The topological polar surface area (TPSA) is 89.9 Å². The molecule has 0 unspecified atom stereocenters. The number of unbranched alkanes of at least 4 members (excludes halogenated alkanes) is 1. The van der Waals surface area contributed by atoms with E-state index in [1.807, 2.05) is 0 Å². The third kappa shape index (κ3) is 6.53. The molecule has 0 radical (unpaired) electrons. The second-order valence-electron chi connectivity index (χ2n) is 4.12. The summed E-state index contributed by atoms with van der Waals surface area (Å²) in [7, 11) is 0. The number of urea groups is 1. The van der Waals surface area contributed by atoms with Crippen LogP contribution in [0.3, 0.4) is 0 Å². The summed E-state index contributed by atoms with van der Waals surface area (Å²) >= 11 is 0. The first-order valence-corrected chi connectivity index (χ1v) is 6.16. The van der Waals surface area contributed by atoms with Crippen molar-refractivity contribution in [2.75, 3.05) is 18.4 Å². The number of rotatable bonds is 6. The van der Waals surface area contributed by atoms with Crippen LogP contribution in [0.15, 0.2) is 29.4 Å². The van der Waals surface area contributed by atoms with Gasteiger partial charge in [0.1, 0.15) is 0 Å². The van der Waals surface area contributed by atoms with Gasteiger partial charge in [0, 0.05) is 23.7 Å². The van der Waals surface area contributed by atoms with Crippen LogP contribution in [0, 0.1) is 0 Å². The molecule has 0 fully saturated rings. The maximum absolute atomic E-state index is 12.5. The van der Waals surface area contributed by atoms with E-state index in [0.29, 0.717) is 25.9 Å². The number of anilines is 1. The average Bonchev–Trinajstić information content (AvgIpc) is 2.42. The fourth-order valence-corrected chi connectivity index (χ4v) is 1.50. The van der Waals surface area contributed by atoms with Gasteiger partial charge in [-0.15, -0.1) is 0 Å². The zero-order valence-corrected chi connectivity index (χ0v) is 11.0. The molecule has 0 heterocycles. The number of nitrogens with one attached hydrogen (secondary N) is 2. The van der Waals surface area contributed by atoms with Crippen LogP contribution >= 0.6 is 0 Å². The summed E-state index contributed by atoms with van der Waals surface area (Å²) in [5, 5.41) is 8.16. The molecule has 2 N–H and O–H groups in total. The molecule has 0 saturated heterocycles. The molecule has 1 aromatic rings. The molecule has 0 aromatic heterocycles. The number of benzene rings is 1. The van der Waals surface area contributed by atoms with E-state index in [0.717, 1.165) is 12.1 Å². The number of nitrogens with zero attached hydrogens (tertiary/aromatic N) is 3. The molecule has 114 valence electrons. The third-order valence-corrected chi connectivity index (χ3v) is 2.48. The van der Waals surface area contributed by atoms with E-state index in [-0.39, 0.29) is 5.69 Å². The van der Waals surface area contributed by atoms with Gasteiger partial charge in [-0.2, -0.15) is 13.2 Å². The predicted molar refractivity (Wildman–Crippen MR) is 71.7 cm³/mol. The Kier molecular flexibility index (Phi) is 6.35. The van der Waals surface area contributed by atoms with Gasteiger partial charge in [0.05, 0.1) is 5.56 Å². The van der Waals surface area contributed by atoms with Crippen LogP contribution in [0.4, 0.5) is 23.7 Å². The lowest BCUT2D eigenvalue weighted by molar-refractivity contribution is -0.137. The van der Waals surface area contributed by atoms with Gasteiger partial charge in [0.2, 0.25) is 0 Å². The monoisotopic (exact) mass is 301 g/mol. The number of hydrogen-bond donors (Lipinski definition) is 2. The van der Waals surface area contributed by atoms with Gasteiger partial charge in [-0.05, 0) is 36.6 Å². The minimum absolute atomic E-state index is 0.0661. The first kappa shape index (κ1) is 16.6. The number of alkyl halides is 3. The quantitative estimate of drug-likeness (QED) is 0.354. The Morgan fingerprint density at radius 2 is 2.10 bits per heavy atom. The highest BCUT2D eigenvalue weighted by atomic mass is 19.4. The van der Waals surface area contributed by atoms with Gasteiger partial charge in [-0.25, -0.2) is 4.79 Å². The highest BCUT2D eigenvalue weighted by molar-refractivity contribution is 5.89. The number of carbonyl (C=O) groups excluding carboxylic acids is 1. The normalized spacial score (nSPS) is 10.6. The molecule has 1 aromatic carbocycles. The van der Waals surface area contributed by atoms with Gasteiger partial charge in [0.25, 0.3) is 0 Å². The van der Waals surface area contributed by atoms with Crippen molar-refractivity contribution < 1.29 is 18.0 Å². The number of hydrogen-bond acceptors (Lipinski definition) is 2. The third-order valence-electron chi connectivity index (χ3n) is 2.48. The fourth-order valence-electron chi connectivity index (χ4n) is 1.50. The van der Waals surface area contributed by atoms with Crippen LogP contribution in [0.25, 0.3) is 10.4 Å². The van der Waals surface area contributed by atoms with Crippen LogP contribution in [0.2, 0.25) is 0 Å². The van der Waals surface area contributed by atoms with Gasteiger partial charge in [0.15, 0.2) is 0 Å². The molecule has 0 aliphatic rings. The van der Waals surface area contributed by atoms with Crippen molar-refractivity contribution in [2.24, 2.45) is 5.11 Å². The summed E-state index contributed by atoms with van der Waals surface area (Å²) in [6.45, 7) is 0.680. The van der Waals surface area contributed by atoms with E-state index in [1.54, 1.807) is 0 Å². The number of amides is 2. The highest BCUT2D eigenvalue weighted by Crippen LogP contribution is 2.30.